The van der Waals surface area contributed by atoms with E-state index in [2.05, 4.69) is 10.3 Å². The highest BCUT2D eigenvalue weighted by Crippen LogP contribution is 2.18. The summed E-state index contributed by atoms with van der Waals surface area (Å²) in [5, 5.41) is 3.37. The van der Waals surface area contributed by atoms with Crippen molar-refractivity contribution in [3.8, 4) is 0 Å². The van der Waals surface area contributed by atoms with Gasteiger partial charge in [-0.05, 0) is 37.0 Å². The SMILES string of the molecule is O=c1[nH]c2cc(NCC3CCCOC3)ccc2o1. The van der Waals surface area contributed by atoms with Crippen molar-refractivity contribution in [1.29, 1.82) is 0 Å². The number of hydrogen-bond acceptors (Lipinski definition) is 4. The Morgan fingerprint density at radius 1 is 1.44 bits per heavy atom. The summed E-state index contributed by atoms with van der Waals surface area (Å²) >= 11 is 0. The quantitative estimate of drug-likeness (QED) is 0.871. The number of aromatic amines is 1. The number of oxazole rings is 1. The molecule has 0 bridgehead atoms. The number of H-pyrrole nitrogens is 1. The molecule has 1 saturated heterocycles. The minimum absolute atomic E-state index is 0.414. The predicted molar refractivity (Wildman–Crippen MR) is 68.9 cm³/mol. The molecule has 1 unspecified atom stereocenters. The summed E-state index contributed by atoms with van der Waals surface area (Å²) in [6.07, 6.45) is 2.35. The first-order valence-electron chi connectivity index (χ1n) is 6.26. The van der Waals surface area contributed by atoms with Gasteiger partial charge < -0.3 is 14.5 Å². The maximum Gasteiger partial charge on any atom is 0.417 e. The summed E-state index contributed by atoms with van der Waals surface area (Å²) < 4.78 is 10.4. The first kappa shape index (κ1) is 11.3. The molecule has 0 spiro atoms. The Balaban J connectivity index is 1.68. The van der Waals surface area contributed by atoms with Gasteiger partial charge in [-0.25, -0.2) is 4.79 Å². The lowest BCUT2D eigenvalue weighted by atomic mass is 10.0. The minimum atomic E-state index is -0.414. The molecule has 0 radical (unpaired) electrons. The van der Waals surface area contributed by atoms with Crippen molar-refractivity contribution in [2.45, 2.75) is 12.8 Å². The second kappa shape index (κ2) is 4.86. The van der Waals surface area contributed by atoms with E-state index in [4.69, 9.17) is 9.15 Å². The van der Waals surface area contributed by atoms with Crippen molar-refractivity contribution in [3.63, 3.8) is 0 Å². The van der Waals surface area contributed by atoms with Gasteiger partial charge in [-0.15, -0.1) is 0 Å². The molecule has 3 rings (SSSR count). The van der Waals surface area contributed by atoms with E-state index in [1.165, 1.54) is 6.42 Å². The lowest BCUT2D eigenvalue weighted by Gasteiger charge is -2.22. The van der Waals surface area contributed by atoms with Crippen LogP contribution in [0.15, 0.2) is 27.4 Å². The largest absolute Gasteiger partial charge is 0.417 e. The standard InChI is InChI=1S/C13H16N2O3/c16-13-15-11-6-10(3-4-12(11)18-13)14-7-9-2-1-5-17-8-9/h3-4,6,9,14H,1-2,5,7-8H2,(H,15,16). The van der Waals surface area contributed by atoms with Gasteiger partial charge in [0.05, 0.1) is 12.1 Å². The van der Waals surface area contributed by atoms with Gasteiger partial charge in [-0.2, -0.15) is 0 Å². The van der Waals surface area contributed by atoms with Gasteiger partial charge in [0.25, 0.3) is 0 Å². The van der Waals surface area contributed by atoms with Crippen LogP contribution in [0.1, 0.15) is 12.8 Å². The van der Waals surface area contributed by atoms with Crippen LogP contribution in [-0.2, 0) is 4.74 Å². The third kappa shape index (κ3) is 2.41. The molecule has 1 aliphatic rings. The van der Waals surface area contributed by atoms with E-state index in [9.17, 15) is 4.79 Å². The highest BCUT2D eigenvalue weighted by atomic mass is 16.5. The molecule has 5 nitrogen and oxygen atoms in total. The van der Waals surface area contributed by atoms with Crippen molar-refractivity contribution in [3.05, 3.63) is 28.7 Å². The van der Waals surface area contributed by atoms with Crippen LogP contribution in [0.4, 0.5) is 5.69 Å². The highest BCUT2D eigenvalue weighted by Gasteiger charge is 2.13. The van der Waals surface area contributed by atoms with Crippen molar-refractivity contribution in [2.75, 3.05) is 25.1 Å². The Hall–Kier alpha value is -1.75. The molecule has 1 fully saturated rings. The summed E-state index contributed by atoms with van der Waals surface area (Å²) in [4.78, 5) is 13.7. The van der Waals surface area contributed by atoms with Crippen molar-refractivity contribution in [2.24, 2.45) is 5.92 Å². The van der Waals surface area contributed by atoms with Crippen LogP contribution in [-0.4, -0.2) is 24.7 Å². The van der Waals surface area contributed by atoms with Gasteiger partial charge in [0.15, 0.2) is 5.58 Å². The fourth-order valence-corrected chi connectivity index (χ4v) is 2.29. The number of rotatable bonds is 3. The van der Waals surface area contributed by atoms with E-state index in [0.29, 0.717) is 11.5 Å². The molecule has 2 N–H and O–H groups in total. The summed E-state index contributed by atoms with van der Waals surface area (Å²) in [6, 6.07) is 5.61. The fraction of sp³-hybridized carbons (Fsp3) is 0.462. The third-order valence-corrected chi connectivity index (χ3v) is 3.27. The molecule has 2 heterocycles. The van der Waals surface area contributed by atoms with Gasteiger partial charge in [-0.3, -0.25) is 4.98 Å². The normalized spacial score (nSPS) is 20.1. The van der Waals surface area contributed by atoms with Crippen LogP contribution in [0.5, 0.6) is 0 Å². The number of aromatic nitrogens is 1. The number of anilines is 1. The smallest absolute Gasteiger partial charge is 0.408 e. The molecule has 0 saturated carbocycles. The topological polar surface area (TPSA) is 67.3 Å². The Kier molecular flexibility index (Phi) is 3.06. The van der Waals surface area contributed by atoms with E-state index < -0.39 is 5.76 Å². The van der Waals surface area contributed by atoms with E-state index in [0.717, 1.165) is 37.4 Å². The maximum atomic E-state index is 11.0. The van der Waals surface area contributed by atoms with Gasteiger partial charge in [-0.1, -0.05) is 0 Å². The Bertz CT molecular complexity index is 581. The molecule has 1 aliphatic heterocycles. The molecule has 1 aromatic carbocycles. The van der Waals surface area contributed by atoms with E-state index in [1.54, 1.807) is 6.07 Å². The zero-order chi connectivity index (χ0) is 12.4. The molecule has 2 aromatic rings. The van der Waals surface area contributed by atoms with E-state index in [1.807, 2.05) is 12.1 Å². The number of nitrogens with one attached hydrogen (secondary N) is 2. The number of ether oxygens (including phenoxy) is 1. The Labute approximate surface area is 104 Å². The van der Waals surface area contributed by atoms with E-state index >= 15 is 0 Å². The van der Waals surface area contributed by atoms with Crippen molar-refractivity contribution in [1.82, 2.24) is 4.98 Å². The lowest BCUT2D eigenvalue weighted by molar-refractivity contribution is 0.0595. The highest BCUT2D eigenvalue weighted by molar-refractivity contribution is 5.76. The molecule has 0 amide bonds. The van der Waals surface area contributed by atoms with Crippen LogP contribution < -0.4 is 11.1 Å². The van der Waals surface area contributed by atoms with Gasteiger partial charge >= 0.3 is 5.76 Å². The number of fused-ring (bicyclic) bond motifs is 1. The van der Waals surface area contributed by atoms with Crippen LogP contribution in [0.2, 0.25) is 0 Å². The Morgan fingerprint density at radius 3 is 3.22 bits per heavy atom. The molecule has 1 atom stereocenters. The monoisotopic (exact) mass is 248 g/mol. The van der Waals surface area contributed by atoms with Crippen molar-refractivity contribution < 1.29 is 9.15 Å². The van der Waals surface area contributed by atoms with Crippen LogP contribution in [0, 0.1) is 5.92 Å². The second-order valence-electron chi connectivity index (χ2n) is 4.69. The lowest BCUT2D eigenvalue weighted by Crippen LogP contribution is -2.24. The number of benzene rings is 1. The summed E-state index contributed by atoms with van der Waals surface area (Å²) in [7, 11) is 0. The van der Waals surface area contributed by atoms with Crippen LogP contribution >= 0.6 is 0 Å². The summed E-state index contributed by atoms with van der Waals surface area (Å²) in [6.45, 7) is 2.62. The van der Waals surface area contributed by atoms with E-state index in [-0.39, 0.29) is 0 Å². The molecule has 5 heteroatoms. The summed E-state index contributed by atoms with van der Waals surface area (Å²) in [5.41, 5.74) is 2.31. The zero-order valence-corrected chi connectivity index (χ0v) is 10.1. The zero-order valence-electron chi connectivity index (χ0n) is 10.1. The van der Waals surface area contributed by atoms with Crippen molar-refractivity contribution >= 4 is 16.8 Å². The summed E-state index contributed by atoms with van der Waals surface area (Å²) in [5.74, 6) is 0.153. The van der Waals surface area contributed by atoms with Gasteiger partial charge in [0.2, 0.25) is 0 Å². The predicted octanol–water partition coefficient (Wildman–Crippen LogP) is 1.96. The first-order chi connectivity index (χ1) is 8.81. The van der Waals surface area contributed by atoms with Crippen LogP contribution in [0.3, 0.4) is 0 Å². The number of hydrogen-bond donors (Lipinski definition) is 2. The fourth-order valence-electron chi connectivity index (χ4n) is 2.29. The molecule has 0 aliphatic carbocycles. The maximum absolute atomic E-state index is 11.0. The Morgan fingerprint density at radius 2 is 2.39 bits per heavy atom. The first-order valence-corrected chi connectivity index (χ1v) is 6.26. The molecule has 18 heavy (non-hydrogen) atoms. The second-order valence-corrected chi connectivity index (χ2v) is 4.69. The molecule has 1 aromatic heterocycles. The average molecular weight is 248 g/mol. The van der Waals surface area contributed by atoms with Gasteiger partial charge in [0.1, 0.15) is 0 Å². The molecule has 96 valence electrons. The van der Waals surface area contributed by atoms with Crippen LogP contribution in [0.25, 0.3) is 11.1 Å². The molecular weight excluding hydrogens is 232 g/mol. The third-order valence-electron chi connectivity index (χ3n) is 3.27. The van der Waals surface area contributed by atoms with Gasteiger partial charge in [0, 0.05) is 18.8 Å². The average Bonchev–Trinajstić information content (AvgIpc) is 2.77. The molecular formula is C13H16N2O3. The minimum Gasteiger partial charge on any atom is -0.408 e.